The average molecular weight is 517 g/mol. The van der Waals surface area contributed by atoms with Gasteiger partial charge in [0, 0.05) is 33.0 Å². The van der Waals surface area contributed by atoms with Crippen molar-refractivity contribution in [3.63, 3.8) is 0 Å². The summed E-state index contributed by atoms with van der Waals surface area (Å²) >= 11 is 25.3. The van der Waals surface area contributed by atoms with Gasteiger partial charge in [0.2, 0.25) is 0 Å². The molecule has 0 unspecified atom stereocenters. The van der Waals surface area contributed by atoms with Crippen LogP contribution in [0.1, 0.15) is 11.1 Å². The van der Waals surface area contributed by atoms with Gasteiger partial charge in [0.25, 0.3) is 0 Å². The standard InChI is InChI=1S/C25H17Cl4N3O/c26-18-6-4-17(20(28)12-18)14-33-23-3-1-2-16-5-9-24(31-11-10-30-15-31)32(25(16)23)22-8-7-19(27)13-21(22)29/h1-4,6-13,15H,5,14H2. The first-order valence-corrected chi connectivity index (χ1v) is 11.6. The first-order chi connectivity index (χ1) is 16.0. The first-order valence-electron chi connectivity index (χ1n) is 10.1. The van der Waals surface area contributed by atoms with Gasteiger partial charge in [0.1, 0.15) is 24.5 Å². The smallest absolute Gasteiger partial charge is 0.144 e. The molecule has 0 saturated heterocycles. The fraction of sp³-hybridized carbons (Fsp3) is 0.0800. The van der Waals surface area contributed by atoms with Crippen LogP contribution in [0.5, 0.6) is 5.75 Å². The lowest BCUT2D eigenvalue weighted by atomic mass is 10.0. The molecule has 0 fully saturated rings. The topological polar surface area (TPSA) is 30.3 Å². The lowest BCUT2D eigenvalue weighted by Crippen LogP contribution is -2.24. The lowest BCUT2D eigenvalue weighted by Gasteiger charge is -2.34. The molecule has 0 bridgehead atoms. The molecule has 166 valence electrons. The molecule has 2 heterocycles. The SMILES string of the molecule is Clc1ccc(COc2cccc3c2N(c2ccc(Cl)cc2Cl)C(n2ccnc2)=CC3)c(Cl)c1. The van der Waals surface area contributed by atoms with Gasteiger partial charge in [-0.2, -0.15) is 0 Å². The first kappa shape index (κ1) is 22.2. The van der Waals surface area contributed by atoms with Crippen LogP contribution in [0.25, 0.3) is 5.82 Å². The van der Waals surface area contributed by atoms with Crippen LogP contribution in [0.3, 0.4) is 0 Å². The number of hydrogen-bond acceptors (Lipinski definition) is 3. The number of ether oxygens (including phenoxy) is 1. The van der Waals surface area contributed by atoms with Crippen LogP contribution in [0.2, 0.25) is 20.1 Å². The van der Waals surface area contributed by atoms with E-state index in [4.69, 9.17) is 51.1 Å². The molecule has 0 spiro atoms. The van der Waals surface area contributed by atoms with Crippen molar-refractivity contribution in [2.45, 2.75) is 13.0 Å². The quantitative estimate of drug-likeness (QED) is 0.267. The average Bonchev–Trinajstić information content (AvgIpc) is 3.33. The molecule has 0 amide bonds. The van der Waals surface area contributed by atoms with Gasteiger partial charge < -0.3 is 4.74 Å². The Labute approximate surface area is 211 Å². The molecule has 0 aliphatic carbocycles. The zero-order chi connectivity index (χ0) is 22.9. The summed E-state index contributed by atoms with van der Waals surface area (Å²) in [5.41, 5.74) is 3.63. The molecule has 3 aromatic carbocycles. The number of para-hydroxylation sites is 1. The Bertz CT molecular complexity index is 1350. The molecule has 1 aliphatic rings. The van der Waals surface area contributed by atoms with E-state index in [1.165, 1.54) is 0 Å². The molecule has 0 saturated carbocycles. The van der Waals surface area contributed by atoms with Gasteiger partial charge in [0.05, 0.1) is 16.4 Å². The molecule has 4 aromatic rings. The van der Waals surface area contributed by atoms with Crippen LogP contribution >= 0.6 is 46.4 Å². The van der Waals surface area contributed by atoms with Crippen LogP contribution in [0.4, 0.5) is 11.4 Å². The number of benzene rings is 3. The molecule has 0 N–H and O–H groups in total. The Morgan fingerprint density at radius 2 is 1.70 bits per heavy atom. The van der Waals surface area contributed by atoms with Crippen molar-refractivity contribution in [2.24, 2.45) is 0 Å². The number of rotatable bonds is 5. The lowest BCUT2D eigenvalue weighted by molar-refractivity contribution is 0.307. The second-order valence-electron chi connectivity index (χ2n) is 7.46. The van der Waals surface area contributed by atoms with Gasteiger partial charge in [-0.3, -0.25) is 9.47 Å². The van der Waals surface area contributed by atoms with Gasteiger partial charge in [-0.25, -0.2) is 4.98 Å². The van der Waals surface area contributed by atoms with Crippen LogP contribution in [-0.2, 0) is 13.0 Å². The molecule has 0 atom stereocenters. The number of halogens is 4. The highest BCUT2D eigenvalue weighted by atomic mass is 35.5. The number of aromatic nitrogens is 2. The summed E-state index contributed by atoms with van der Waals surface area (Å²) in [6.45, 7) is 0.290. The molecule has 0 radical (unpaired) electrons. The third-order valence-electron chi connectivity index (χ3n) is 5.36. The van der Waals surface area contributed by atoms with Crippen molar-refractivity contribution < 1.29 is 4.74 Å². The second kappa shape index (κ2) is 9.32. The number of imidazole rings is 1. The Morgan fingerprint density at radius 1 is 0.909 bits per heavy atom. The minimum absolute atomic E-state index is 0.290. The number of anilines is 2. The van der Waals surface area contributed by atoms with Crippen molar-refractivity contribution >= 4 is 63.6 Å². The van der Waals surface area contributed by atoms with E-state index in [0.29, 0.717) is 32.4 Å². The number of hydrogen-bond donors (Lipinski definition) is 0. The Kier molecular flexibility index (Phi) is 6.26. The minimum Gasteiger partial charge on any atom is -0.487 e. The van der Waals surface area contributed by atoms with E-state index in [0.717, 1.165) is 34.7 Å². The Morgan fingerprint density at radius 3 is 2.42 bits per heavy atom. The predicted molar refractivity (Wildman–Crippen MR) is 136 cm³/mol. The fourth-order valence-electron chi connectivity index (χ4n) is 3.83. The maximum atomic E-state index is 6.67. The third-order valence-corrected chi connectivity index (χ3v) is 6.48. The van der Waals surface area contributed by atoms with E-state index in [1.807, 2.05) is 41.1 Å². The van der Waals surface area contributed by atoms with Crippen molar-refractivity contribution in [1.82, 2.24) is 9.55 Å². The van der Waals surface area contributed by atoms with Crippen molar-refractivity contribution in [1.29, 1.82) is 0 Å². The summed E-state index contributed by atoms with van der Waals surface area (Å²) in [4.78, 5) is 6.29. The molecule has 1 aromatic heterocycles. The molecular formula is C25H17Cl4N3O. The van der Waals surface area contributed by atoms with Crippen molar-refractivity contribution in [2.75, 3.05) is 4.90 Å². The number of nitrogens with zero attached hydrogens (tertiary/aromatic N) is 3. The van der Waals surface area contributed by atoms with Gasteiger partial charge in [0.15, 0.2) is 0 Å². The summed E-state index contributed by atoms with van der Waals surface area (Å²) in [6, 6.07) is 16.8. The van der Waals surface area contributed by atoms with Gasteiger partial charge in [-0.15, -0.1) is 0 Å². The number of allylic oxidation sites excluding steroid dienone is 1. The summed E-state index contributed by atoms with van der Waals surface area (Å²) in [5, 5.41) is 2.23. The van der Waals surface area contributed by atoms with Crippen molar-refractivity contribution in [3.05, 3.63) is 111 Å². The van der Waals surface area contributed by atoms with Gasteiger partial charge in [-0.05, 0) is 54.5 Å². The van der Waals surface area contributed by atoms with Crippen LogP contribution in [-0.4, -0.2) is 9.55 Å². The van der Waals surface area contributed by atoms with Crippen LogP contribution in [0.15, 0.2) is 79.4 Å². The van der Waals surface area contributed by atoms with Crippen LogP contribution < -0.4 is 9.64 Å². The Hall–Kier alpha value is -2.63. The van der Waals surface area contributed by atoms with Crippen molar-refractivity contribution in [3.8, 4) is 5.75 Å². The third kappa shape index (κ3) is 4.44. The highest BCUT2D eigenvalue weighted by Crippen LogP contribution is 2.46. The summed E-state index contributed by atoms with van der Waals surface area (Å²) in [7, 11) is 0. The van der Waals surface area contributed by atoms with Crippen LogP contribution in [0, 0.1) is 0 Å². The minimum atomic E-state index is 0.290. The molecular weight excluding hydrogens is 500 g/mol. The zero-order valence-corrected chi connectivity index (χ0v) is 20.2. The molecule has 8 heteroatoms. The summed E-state index contributed by atoms with van der Waals surface area (Å²) < 4.78 is 8.25. The fourth-order valence-corrected chi connectivity index (χ4v) is 4.78. The molecule has 4 nitrogen and oxygen atoms in total. The van der Waals surface area contributed by atoms with Gasteiger partial charge in [-0.1, -0.05) is 64.6 Å². The summed E-state index contributed by atoms with van der Waals surface area (Å²) in [6.07, 6.45) is 8.25. The normalized spacial score (nSPS) is 13.0. The largest absolute Gasteiger partial charge is 0.487 e. The van der Waals surface area contributed by atoms with E-state index >= 15 is 0 Å². The monoisotopic (exact) mass is 515 g/mol. The predicted octanol–water partition coefficient (Wildman–Crippen LogP) is 8.27. The molecule has 33 heavy (non-hydrogen) atoms. The van der Waals surface area contributed by atoms with E-state index in [2.05, 4.69) is 22.0 Å². The van der Waals surface area contributed by atoms with Gasteiger partial charge >= 0.3 is 0 Å². The Balaban J connectivity index is 1.60. The maximum Gasteiger partial charge on any atom is 0.144 e. The summed E-state index contributed by atoms with van der Waals surface area (Å²) in [5.74, 6) is 1.60. The highest BCUT2D eigenvalue weighted by Gasteiger charge is 2.28. The highest BCUT2D eigenvalue weighted by molar-refractivity contribution is 6.37. The number of fused-ring (bicyclic) bond motifs is 1. The molecule has 1 aliphatic heterocycles. The van der Waals surface area contributed by atoms with E-state index in [1.54, 1.807) is 30.7 Å². The zero-order valence-electron chi connectivity index (χ0n) is 17.2. The molecule has 5 rings (SSSR count). The van der Waals surface area contributed by atoms with E-state index in [-0.39, 0.29) is 0 Å². The van der Waals surface area contributed by atoms with E-state index < -0.39 is 0 Å². The van der Waals surface area contributed by atoms with E-state index in [9.17, 15) is 0 Å². The second-order valence-corrected chi connectivity index (χ2v) is 9.14. The maximum absolute atomic E-state index is 6.67.